The maximum absolute atomic E-state index is 13.7. The van der Waals surface area contributed by atoms with Crippen LogP contribution in [-0.4, -0.2) is 24.0 Å². The molecule has 2 bridgehead atoms. The zero-order chi connectivity index (χ0) is 13.4. The summed E-state index contributed by atoms with van der Waals surface area (Å²) in [6.45, 7) is 0. The van der Waals surface area contributed by atoms with E-state index in [-0.39, 0.29) is 29.9 Å². The lowest BCUT2D eigenvalue weighted by atomic mass is 9.99. The first kappa shape index (κ1) is 15.7. The van der Waals surface area contributed by atoms with E-state index in [2.05, 4.69) is 26.6 Å². The van der Waals surface area contributed by atoms with Gasteiger partial charge < -0.3 is 10.6 Å². The summed E-state index contributed by atoms with van der Waals surface area (Å²) in [4.78, 5) is 12.1. The lowest BCUT2D eigenvalue weighted by molar-refractivity contribution is 0.0920. The monoisotopic (exact) mass is 362 g/mol. The van der Waals surface area contributed by atoms with Crippen molar-refractivity contribution < 1.29 is 9.18 Å². The molecule has 2 aliphatic heterocycles. The number of hydrogen-bond acceptors (Lipinski definition) is 2. The van der Waals surface area contributed by atoms with Gasteiger partial charge in [-0.3, -0.25) is 4.79 Å². The molecule has 2 fully saturated rings. The van der Waals surface area contributed by atoms with Crippen LogP contribution in [0.3, 0.4) is 0 Å². The molecule has 20 heavy (non-hydrogen) atoms. The number of fused-ring (bicyclic) bond motifs is 2. The standard InChI is InChI=1S/C14H16BrFN2O.ClH/c15-8-1-4-12(13(16)5-8)14(19)18-11-6-9-2-3-10(7-11)17-9;/h1,4-5,9-11,17H,2-3,6-7H2,(H,18,19);1H. The molecule has 0 aromatic heterocycles. The molecule has 2 unspecified atom stereocenters. The number of hydrogen-bond donors (Lipinski definition) is 2. The Labute approximate surface area is 132 Å². The highest BCUT2D eigenvalue weighted by Crippen LogP contribution is 2.27. The zero-order valence-corrected chi connectivity index (χ0v) is 13.3. The van der Waals surface area contributed by atoms with Crippen molar-refractivity contribution in [3.05, 3.63) is 34.1 Å². The average Bonchev–Trinajstić information content (AvgIpc) is 2.68. The van der Waals surface area contributed by atoms with Crippen molar-refractivity contribution in [3.8, 4) is 0 Å². The van der Waals surface area contributed by atoms with E-state index in [1.165, 1.54) is 25.0 Å². The number of halogens is 3. The molecule has 0 saturated carbocycles. The molecular formula is C14H17BrClFN2O. The number of piperidine rings is 1. The molecule has 1 aromatic rings. The first-order chi connectivity index (χ1) is 9.11. The van der Waals surface area contributed by atoms with E-state index in [4.69, 9.17) is 0 Å². The van der Waals surface area contributed by atoms with Crippen LogP contribution in [0.1, 0.15) is 36.0 Å². The molecule has 2 aliphatic rings. The van der Waals surface area contributed by atoms with Gasteiger partial charge in [0.1, 0.15) is 5.82 Å². The van der Waals surface area contributed by atoms with E-state index in [9.17, 15) is 9.18 Å². The highest BCUT2D eigenvalue weighted by molar-refractivity contribution is 9.10. The Hall–Kier alpha value is -0.650. The summed E-state index contributed by atoms with van der Waals surface area (Å²) in [5, 5.41) is 6.48. The molecule has 2 N–H and O–H groups in total. The van der Waals surface area contributed by atoms with Crippen LogP contribution in [0.25, 0.3) is 0 Å². The Morgan fingerprint density at radius 2 is 1.95 bits per heavy atom. The van der Waals surface area contributed by atoms with Crippen LogP contribution in [-0.2, 0) is 0 Å². The Morgan fingerprint density at radius 1 is 1.30 bits per heavy atom. The van der Waals surface area contributed by atoms with E-state index in [1.807, 2.05) is 0 Å². The normalized spacial score (nSPS) is 27.8. The molecule has 3 rings (SSSR count). The summed E-state index contributed by atoms with van der Waals surface area (Å²) in [7, 11) is 0. The van der Waals surface area contributed by atoms with Crippen LogP contribution < -0.4 is 10.6 Å². The van der Waals surface area contributed by atoms with Gasteiger partial charge in [0, 0.05) is 22.6 Å². The topological polar surface area (TPSA) is 41.1 Å². The second-order valence-electron chi connectivity index (χ2n) is 5.40. The number of rotatable bonds is 2. The molecule has 6 heteroatoms. The highest BCUT2D eigenvalue weighted by atomic mass is 79.9. The Bertz CT molecular complexity index is 502. The number of carbonyl (C=O) groups excluding carboxylic acids is 1. The zero-order valence-electron chi connectivity index (χ0n) is 10.9. The van der Waals surface area contributed by atoms with Crippen LogP contribution >= 0.6 is 28.3 Å². The van der Waals surface area contributed by atoms with E-state index in [0.29, 0.717) is 16.6 Å². The molecule has 3 nitrogen and oxygen atoms in total. The molecular weight excluding hydrogens is 347 g/mol. The smallest absolute Gasteiger partial charge is 0.254 e. The van der Waals surface area contributed by atoms with Crippen molar-refractivity contribution >= 4 is 34.2 Å². The fraction of sp³-hybridized carbons (Fsp3) is 0.500. The Kier molecular flexibility index (Phi) is 5.04. The SMILES string of the molecule is Cl.O=C(NC1CC2CCC(C1)N2)c1ccc(Br)cc1F. The van der Waals surface area contributed by atoms with Crippen molar-refractivity contribution in [2.75, 3.05) is 0 Å². The van der Waals surface area contributed by atoms with Gasteiger partial charge in [0.05, 0.1) is 5.56 Å². The summed E-state index contributed by atoms with van der Waals surface area (Å²) in [6, 6.07) is 5.71. The van der Waals surface area contributed by atoms with E-state index < -0.39 is 5.82 Å². The second-order valence-corrected chi connectivity index (χ2v) is 6.32. The minimum Gasteiger partial charge on any atom is -0.349 e. The van der Waals surface area contributed by atoms with E-state index in [1.54, 1.807) is 6.07 Å². The van der Waals surface area contributed by atoms with E-state index >= 15 is 0 Å². The minimum absolute atomic E-state index is 0. The third kappa shape index (κ3) is 3.32. The molecule has 0 aliphatic carbocycles. The summed E-state index contributed by atoms with van der Waals surface area (Å²) < 4.78 is 14.4. The van der Waals surface area contributed by atoms with Crippen LogP contribution in [0, 0.1) is 5.82 Å². The van der Waals surface area contributed by atoms with Crippen molar-refractivity contribution in [1.82, 2.24) is 10.6 Å². The lowest BCUT2D eigenvalue weighted by Crippen LogP contribution is -2.48. The molecule has 2 saturated heterocycles. The molecule has 0 radical (unpaired) electrons. The summed E-state index contributed by atoms with van der Waals surface area (Å²) >= 11 is 3.19. The second kappa shape index (κ2) is 6.41. The first-order valence-corrected chi connectivity index (χ1v) is 7.43. The number of carbonyl (C=O) groups is 1. The number of nitrogens with one attached hydrogen (secondary N) is 2. The quantitative estimate of drug-likeness (QED) is 0.848. The van der Waals surface area contributed by atoms with Gasteiger partial charge in [0.15, 0.2) is 0 Å². The fourth-order valence-corrected chi connectivity index (χ4v) is 3.45. The third-order valence-corrected chi connectivity index (χ3v) is 4.48. The molecule has 0 spiro atoms. The van der Waals surface area contributed by atoms with Gasteiger partial charge in [-0.25, -0.2) is 4.39 Å². The van der Waals surface area contributed by atoms with Gasteiger partial charge >= 0.3 is 0 Å². The fourth-order valence-electron chi connectivity index (χ4n) is 3.11. The third-order valence-electron chi connectivity index (χ3n) is 3.98. The Morgan fingerprint density at radius 3 is 2.55 bits per heavy atom. The largest absolute Gasteiger partial charge is 0.349 e. The number of amides is 1. The summed E-state index contributed by atoms with van der Waals surface area (Å²) in [5.41, 5.74) is 0.120. The average molecular weight is 364 g/mol. The minimum atomic E-state index is -0.483. The van der Waals surface area contributed by atoms with E-state index in [0.717, 1.165) is 12.8 Å². The van der Waals surface area contributed by atoms with Crippen molar-refractivity contribution in [1.29, 1.82) is 0 Å². The molecule has 2 heterocycles. The molecule has 1 amide bonds. The Balaban J connectivity index is 0.00000147. The summed E-state index contributed by atoms with van der Waals surface area (Å²) in [5.74, 6) is -0.792. The number of benzene rings is 1. The predicted octanol–water partition coefficient (Wildman–Crippen LogP) is 3.02. The van der Waals surface area contributed by atoms with Gasteiger partial charge in [0.25, 0.3) is 5.91 Å². The highest BCUT2D eigenvalue weighted by Gasteiger charge is 2.34. The van der Waals surface area contributed by atoms with Crippen LogP contribution in [0.4, 0.5) is 4.39 Å². The van der Waals surface area contributed by atoms with Crippen LogP contribution in [0.2, 0.25) is 0 Å². The maximum atomic E-state index is 13.7. The van der Waals surface area contributed by atoms with Gasteiger partial charge in [-0.2, -0.15) is 0 Å². The lowest BCUT2D eigenvalue weighted by Gasteiger charge is -2.29. The van der Waals surface area contributed by atoms with Gasteiger partial charge in [-0.15, -0.1) is 12.4 Å². The molecule has 1 aromatic carbocycles. The van der Waals surface area contributed by atoms with Gasteiger partial charge in [0.2, 0.25) is 0 Å². The summed E-state index contributed by atoms with van der Waals surface area (Å²) in [6.07, 6.45) is 4.26. The van der Waals surface area contributed by atoms with Crippen LogP contribution in [0.5, 0.6) is 0 Å². The van der Waals surface area contributed by atoms with Crippen molar-refractivity contribution in [3.63, 3.8) is 0 Å². The van der Waals surface area contributed by atoms with Crippen molar-refractivity contribution in [2.45, 2.75) is 43.8 Å². The van der Waals surface area contributed by atoms with Crippen LogP contribution in [0.15, 0.2) is 22.7 Å². The predicted molar refractivity (Wildman–Crippen MR) is 81.8 cm³/mol. The van der Waals surface area contributed by atoms with Crippen molar-refractivity contribution in [2.24, 2.45) is 0 Å². The molecule has 2 atom stereocenters. The van der Waals surface area contributed by atoms with Gasteiger partial charge in [-0.05, 0) is 43.9 Å². The first-order valence-electron chi connectivity index (χ1n) is 6.64. The maximum Gasteiger partial charge on any atom is 0.254 e. The molecule has 110 valence electrons. The van der Waals surface area contributed by atoms with Gasteiger partial charge in [-0.1, -0.05) is 15.9 Å².